The Hall–Kier alpha value is -2.98. The van der Waals surface area contributed by atoms with Gasteiger partial charge in [-0.2, -0.15) is 0 Å². The van der Waals surface area contributed by atoms with Gasteiger partial charge in [0.2, 0.25) is 5.91 Å². The van der Waals surface area contributed by atoms with Crippen LogP contribution in [-0.4, -0.2) is 76.1 Å². The molecule has 2 aliphatic heterocycles. The predicted molar refractivity (Wildman–Crippen MR) is 145 cm³/mol. The van der Waals surface area contributed by atoms with Gasteiger partial charge in [0.1, 0.15) is 17.8 Å². The number of aromatic nitrogens is 3. The van der Waals surface area contributed by atoms with E-state index in [1.165, 1.54) is 0 Å². The zero-order valence-corrected chi connectivity index (χ0v) is 23.1. The van der Waals surface area contributed by atoms with Gasteiger partial charge in [-0.05, 0) is 57.4 Å². The van der Waals surface area contributed by atoms with E-state index in [0.29, 0.717) is 52.1 Å². The number of nitrogens with one attached hydrogen (secondary N) is 1. The summed E-state index contributed by atoms with van der Waals surface area (Å²) in [6.07, 6.45) is 4.62. The Morgan fingerprint density at radius 1 is 0.973 bits per heavy atom. The number of nitrogens with zero attached hydrogens (tertiary/aromatic N) is 5. The van der Waals surface area contributed by atoms with Crippen molar-refractivity contribution >= 4 is 44.7 Å². The van der Waals surface area contributed by atoms with Crippen LogP contribution in [0.4, 0.5) is 5.82 Å². The first-order chi connectivity index (χ1) is 17.7. The summed E-state index contributed by atoms with van der Waals surface area (Å²) in [4.78, 5) is 48.5. The molecular formula is C27H33BrN6O3. The number of carbonyl (C=O) groups is 2. The summed E-state index contributed by atoms with van der Waals surface area (Å²) >= 11 is 3.52. The molecule has 0 unspecified atom stereocenters. The van der Waals surface area contributed by atoms with Crippen LogP contribution in [0.1, 0.15) is 39.2 Å². The topological polar surface area (TPSA) is 94.7 Å². The summed E-state index contributed by atoms with van der Waals surface area (Å²) in [7, 11) is 0. The maximum Gasteiger partial charge on any atom is 0.330 e. The van der Waals surface area contributed by atoms with Gasteiger partial charge in [-0.3, -0.25) is 4.79 Å². The third-order valence-electron chi connectivity index (χ3n) is 7.41. The second-order valence-corrected chi connectivity index (χ2v) is 11.8. The van der Waals surface area contributed by atoms with Gasteiger partial charge in [-0.1, -0.05) is 28.1 Å². The van der Waals surface area contributed by atoms with Gasteiger partial charge in [0.25, 0.3) is 0 Å². The number of halogens is 1. The minimum atomic E-state index is -0.656. The van der Waals surface area contributed by atoms with Crippen LogP contribution >= 0.6 is 15.9 Å². The molecule has 0 atom stereocenters. The SMILES string of the molecule is CC(C)(C)C(=O)ON1CCC(C(=O)N2CCN(c3ncnc4[nH]ccc34)CC2)(c2ccc(Br)cc2)CC1. The Balaban J connectivity index is 1.32. The number of piperazine rings is 1. The molecule has 2 aromatic heterocycles. The number of hydrogen-bond acceptors (Lipinski definition) is 7. The van der Waals surface area contributed by atoms with Gasteiger partial charge in [-0.25, -0.2) is 14.8 Å². The first-order valence-electron chi connectivity index (χ1n) is 12.7. The molecule has 0 aliphatic carbocycles. The van der Waals surface area contributed by atoms with Crippen LogP contribution in [-0.2, 0) is 19.8 Å². The van der Waals surface area contributed by atoms with E-state index >= 15 is 0 Å². The number of piperidine rings is 1. The number of rotatable bonds is 4. The van der Waals surface area contributed by atoms with Crippen molar-refractivity contribution in [3.05, 3.63) is 52.9 Å². The first-order valence-corrected chi connectivity index (χ1v) is 13.5. The Morgan fingerprint density at radius 2 is 1.65 bits per heavy atom. The van der Waals surface area contributed by atoms with Crippen molar-refractivity contribution in [1.82, 2.24) is 24.9 Å². The molecule has 1 aromatic carbocycles. The van der Waals surface area contributed by atoms with Crippen molar-refractivity contribution < 1.29 is 14.4 Å². The van der Waals surface area contributed by atoms with E-state index in [2.05, 4.69) is 35.8 Å². The summed E-state index contributed by atoms with van der Waals surface area (Å²) < 4.78 is 0.977. The minimum Gasteiger partial charge on any atom is -0.367 e. The molecule has 2 aliphatic rings. The molecule has 0 radical (unpaired) electrons. The van der Waals surface area contributed by atoms with Crippen LogP contribution in [0.3, 0.4) is 0 Å². The molecule has 9 nitrogen and oxygen atoms in total. The fraction of sp³-hybridized carbons (Fsp3) is 0.481. The quantitative estimate of drug-likeness (QED) is 0.509. The molecule has 2 saturated heterocycles. The minimum absolute atomic E-state index is 0.144. The molecule has 3 aromatic rings. The normalized spacial score (nSPS) is 18.7. The molecule has 196 valence electrons. The van der Waals surface area contributed by atoms with E-state index in [1.807, 2.05) is 62.2 Å². The Kier molecular flexibility index (Phi) is 6.97. The number of aromatic amines is 1. The number of fused-ring (bicyclic) bond motifs is 1. The largest absolute Gasteiger partial charge is 0.367 e. The smallest absolute Gasteiger partial charge is 0.330 e. The van der Waals surface area contributed by atoms with Crippen LogP contribution in [0.25, 0.3) is 11.0 Å². The molecule has 5 rings (SSSR count). The number of hydrogen-bond donors (Lipinski definition) is 1. The summed E-state index contributed by atoms with van der Waals surface area (Å²) in [6, 6.07) is 10.1. The lowest BCUT2D eigenvalue weighted by Crippen LogP contribution is -2.57. The van der Waals surface area contributed by atoms with Gasteiger partial charge in [0.05, 0.1) is 16.2 Å². The highest BCUT2D eigenvalue weighted by atomic mass is 79.9. The molecule has 10 heteroatoms. The third kappa shape index (κ3) is 5.09. The van der Waals surface area contributed by atoms with E-state index in [4.69, 9.17) is 4.84 Å². The molecule has 1 N–H and O–H groups in total. The Labute approximate surface area is 225 Å². The molecule has 4 heterocycles. The summed E-state index contributed by atoms with van der Waals surface area (Å²) in [5, 5.41) is 2.71. The molecule has 0 spiro atoms. The summed E-state index contributed by atoms with van der Waals surface area (Å²) in [6.45, 7) is 9.20. The standard InChI is InChI=1S/C27H33BrN6O3/c1-26(2,3)25(36)37-34-12-9-27(10-13-34,19-4-6-20(28)7-5-19)24(35)33-16-14-32(15-17-33)23-21-8-11-29-22(21)30-18-31-23/h4-8,11,18H,9-10,12-17H2,1-3H3,(H,29,30,31). The average Bonchev–Trinajstić information content (AvgIpc) is 3.38. The van der Waals surface area contributed by atoms with Gasteiger partial charge in [0, 0.05) is 49.9 Å². The Morgan fingerprint density at radius 3 is 2.30 bits per heavy atom. The number of anilines is 1. The number of H-pyrrole nitrogens is 1. The van der Waals surface area contributed by atoms with Crippen molar-refractivity contribution in [2.45, 2.75) is 39.0 Å². The fourth-order valence-electron chi connectivity index (χ4n) is 5.14. The number of amides is 1. The highest BCUT2D eigenvalue weighted by Crippen LogP contribution is 2.39. The monoisotopic (exact) mass is 568 g/mol. The van der Waals surface area contributed by atoms with Crippen LogP contribution in [0.2, 0.25) is 0 Å². The van der Waals surface area contributed by atoms with Crippen molar-refractivity contribution in [3.8, 4) is 0 Å². The predicted octanol–water partition coefficient (Wildman–Crippen LogP) is 3.91. The van der Waals surface area contributed by atoms with E-state index in [0.717, 1.165) is 26.9 Å². The van der Waals surface area contributed by atoms with Crippen LogP contribution in [0, 0.1) is 5.41 Å². The molecule has 1 amide bonds. The van der Waals surface area contributed by atoms with Gasteiger partial charge >= 0.3 is 5.97 Å². The van der Waals surface area contributed by atoms with Crippen molar-refractivity contribution in [1.29, 1.82) is 0 Å². The summed E-state index contributed by atoms with van der Waals surface area (Å²) in [5.74, 6) is 0.785. The molecule has 37 heavy (non-hydrogen) atoms. The molecule has 0 bridgehead atoms. The number of hydroxylamine groups is 2. The van der Waals surface area contributed by atoms with Crippen LogP contribution < -0.4 is 4.90 Å². The second kappa shape index (κ2) is 10.1. The lowest BCUT2D eigenvalue weighted by atomic mass is 9.71. The van der Waals surface area contributed by atoms with Gasteiger partial charge < -0.3 is 19.6 Å². The summed E-state index contributed by atoms with van der Waals surface area (Å²) in [5.41, 5.74) is 0.591. The molecule has 2 fully saturated rings. The maximum absolute atomic E-state index is 14.2. The van der Waals surface area contributed by atoms with E-state index < -0.39 is 10.8 Å². The highest BCUT2D eigenvalue weighted by Gasteiger charge is 2.46. The average molecular weight is 570 g/mol. The van der Waals surface area contributed by atoms with E-state index in [9.17, 15) is 9.59 Å². The zero-order valence-electron chi connectivity index (χ0n) is 21.5. The molecule has 0 saturated carbocycles. The van der Waals surface area contributed by atoms with Crippen molar-refractivity contribution in [2.75, 3.05) is 44.2 Å². The molecular weight excluding hydrogens is 536 g/mol. The van der Waals surface area contributed by atoms with Crippen molar-refractivity contribution in [2.24, 2.45) is 5.41 Å². The van der Waals surface area contributed by atoms with Crippen LogP contribution in [0.15, 0.2) is 47.3 Å². The number of benzene rings is 1. The highest BCUT2D eigenvalue weighted by molar-refractivity contribution is 9.10. The lowest BCUT2D eigenvalue weighted by molar-refractivity contribution is -0.207. The van der Waals surface area contributed by atoms with Crippen LogP contribution in [0.5, 0.6) is 0 Å². The van der Waals surface area contributed by atoms with E-state index in [-0.39, 0.29) is 11.9 Å². The van der Waals surface area contributed by atoms with Gasteiger partial charge in [-0.15, -0.1) is 5.06 Å². The first kappa shape index (κ1) is 25.7. The third-order valence-corrected chi connectivity index (χ3v) is 7.93. The maximum atomic E-state index is 14.2. The zero-order chi connectivity index (χ0) is 26.2. The van der Waals surface area contributed by atoms with E-state index in [1.54, 1.807) is 11.4 Å². The number of carbonyl (C=O) groups excluding carboxylic acids is 2. The lowest BCUT2D eigenvalue weighted by Gasteiger charge is -2.45. The second-order valence-electron chi connectivity index (χ2n) is 10.9. The van der Waals surface area contributed by atoms with Crippen molar-refractivity contribution in [3.63, 3.8) is 0 Å². The Bertz CT molecular complexity index is 1270. The van der Waals surface area contributed by atoms with Gasteiger partial charge in [0.15, 0.2) is 0 Å². The fourth-order valence-corrected chi connectivity index (χ4v) is 5.41.